The zero-order valence-corrected chi connectivity index (χ0v) is 28.6. The molecule has 5 bridgehead atoms. The summed E-state index contributed by atoms with van der Waals surface area (Å²) in [5.41, 5.74) is -0.189. The largest absolute Gasteiger partial charge is 0.455 e. The van der Waals surface area contributed by atoms with E-state index in [9.17, 15) is 19.5 Å². The maximum Gasteiger partial charge on any atom is 0.313 e. The number of cyclic esters (lactones) is 1. The Bertz CT molecular complexity index is 1840. The van der Waals surface area contributed by atoms with Crippen LogP contribution in [0.5, 0.6) is 0 Å². The standard InChI is InChI=1S/C38H38BrN3O7/c1-2-26(22-43)42-34-36(46)41(27-17-16-23-11-8-9-14-25(23)19-27)18-10-4-7-15-30(44)40-21-29(24-12-5-3-6-13-24)48-37(47)31-32(35(42)45)38(34)20-28(39)33(31)49-38/h3-6,8-14,16-17,19-20,26,29,31-34,43H,2,7,15,18,21-22H2,1H3,(H,40,44)/b10-4-/t26-,29+,31+,32-,33+,34+,38-/m0/s1. The number of carbonyl (C=O) groups excluding carboxylic acids is 4. The Balaban J connectivity index is 1.36. The molecule has 1 spiro atoms. The molecule has 0 unspecified atom stereocenters. The van der Waals surface area contributed by atoms with E-state index in [4.69, 9.17) is 9.47 Å². The van der Waals surface area contributed by atoms with Crippen LogP contribution < -0.4 is 10.2 Å². The SMILES string of the molecule is CC[C@@H](CO)N1C(=O)[C@@H]2[C@H]3C(=O)O[C@@H](c4ccccc4)CNC(=O)CC/C=C\CN(c4ccc5ccccc5c4)C(=O)[C@@H]1[C@]21C=C(Br)[C@H]3O1. The van der Waals surface area contributed by atoms with Gasteiger partial charge in [0.25, 0.3) is 5.91 Å². The summed E-state index contributed by atoms with van der Waals surface area (Å²) in [6, 6.07) is 20.8. The van der Waals surface area contributed by atoms with Crippen LogP contribution in [-0.2, 0) is 28.7 Å². The third-order valence-corrected chi connectivity index (χ3v) is 10.8. The molecule has 3 aromatic carbocycles. The van der Waals surface area contributed by atoms with Crippen LogP contribution in [-0.4, -0.2) is 77.2 Å². The first-order valence-corrected chi connectivity index (χ1v) is 17.5. The highest BCUT2D eigenvalue weighted by atomic mass is 79.9. The van der Waals surface area contributed by atoms with Crippen molar-refractivity contribution in [2.75, 3.05) is 24.6 Å². The maximum absolute atomic E-state index is 15.1. The third kappa shape index (κ3) is 5.77. The van der Waals surface area contributed by atoms with E-state index in [1.54, 1.807) is 11.0 Å². The van der Waals surface area contributed by atoms with E-state index < -0.39 is 59.5 Å². The van der Waals surface area contributed by atoms with Gasteiger partial charge >= 0.3 is 5.97 Å². The highest BCUT2D eigenvalue weighted by Gasteiger charge is 2.75. The zero-order valence-electron chi connectivity index (χ0n) is 27.0. The van der Waals surface area contributed by atoms with E-state index in [1.165, 1.54) is 4.90 Å². The van der Waals surface area contributed by atoms with Crippen molar-refractivity contribution in [1.82, 2.24) is 10.2 Å². The molecule has 4 heterocycles. The van der Waals surface area contributed by atoms with E-state index in [1.807, 2.05) is 91.9 Å². The van der Waals surface area contributed by atoms with Gasteiger partial charge < -0.3 is 29.7 Å². The van der Waals surface area contributed by atoms with E-state index in [2.05, 4.69) is 21.2 Å². The summed E-state index contributed by atoms with van der Waals surface area (Å²) >= 11 is 3.60. The van der Waals surface area contributed by atoms with Crippen molar-refractivity contribution in [3.8, 4) is 0 Å². The fourth-order valence-electron chi connectivity index (χ4n) is 7.75. The Labute approximate surface area is 292 Å². The van der Waals surface area contributed by atoms with Gasteiger partial charge in [0.15, 0.2) is 0 Å². The lowest BCUT2D eigenvalue weighted by atomic mass is 9.74. The van der Waals surface area contributed by atoms with Crippen LogP contribution in [0.15, 0.2) is 95.5 Å². The first kappa shape index (κ1) is 33.2. The molecule has 4 aliphatic rings. The second-order valence-electron chi connectivity index (χ2n) is 12.9. The van der Waals surface area contributed by atoms with Crippen LogP contribution in [0.1, 0.15) is 37.9 Å². The summed E-state index contributed by atoms with van der Waals surface area (Å²) in [6.07, 6.45) is 4.79. The molecule has 0 saturated carbocycles. The first-order valence-electron chi connectivity index (χ1n) is 16.7. The number of allylic oxidation sites excluding steroid dienone is 1. The number of carbonyl (C=O) groups is 4. The van der Waals surface area contributed by atoms with Crippen molar-refractivity contribution < 1.29 is 33.8 Å². The Kier molecular flexibility index (Phi) is 9.17. The molecule has 0 radical (unpaired) electrons. The smallest absolute Gasteiger partial charge is 0.313 e. The molecular weight excluding hydrogens is 690 g/mol. The van der Waals surface area contributed by atoms with Crippen molar-refractivity contribution in [3.63, 3.8) is 0 Å². The summed E-state index contributed by atoms with van der Waals surface area (Å²) in [5.74, 6) is -3.87. The minimum absolute atomic E-state index is 0.0444. The van der Waals surface area contributed by atoms with Crippen molar-refractivity contribution in [2.24, 2.45) is 11.8 Å². The van der Waals surface area contributed by atoms with Crippen molar-refractivity contribution in [3.05, 3.63) is 101 Å². The van der Waals surface area contributed by atoms with Gasteiger partial charge in [0, 0.05) is 23.1 Å². The number of esters is 1. The van der Waals surface area contributed by atoms with Gasteiger partial charge in [0.2, 0.25) is 11.8 Å². The van der Waals surface area contributed by atoms with Crippen molar-refractivity contribution in [1.29, 1.82) is 0 Å². The summed E-state index contributed by atoms with van der Waals surface area (Å²) in [4.78, 5) is 60.0. The number of ether oxygens (including phenoxy) is 2. The number of fused-ring (bicyclic) bond motifs is 3. The summed E-state index contributed by atoms with van der Waals surface area (Å²) in [5, 5.41) is 15.4. The van der Waals surface area contributed by atoms with Gasteiger partial charge in [-0.3, -0.25) is 19.2 Å². The molecule has 3 aromatic rings. The summed E-state index contributed by atoms with van der Waals surface area (Å²) in [7, 11) is 0. The number of aliphatic hydroxyl groups excluding tert-OH is 1. The van der Waals surface area contributed by atoms with Crippen molar-refractivity contribution in [2.45, 2.75) is 56.1 Å². The van der Waals surface area contributed by atoms with Crippen LogP contribution >= 0.6 is 15.9 Å². The molecule has 3 amide bonds. The second-order valence-corrected chi connectivity index (χ2v) is 13.9. The fourth-order valence-corrected chi connectivity index (χ4v) is 8.48. The predicted molar refractivity (Wildman–Crippen MR) is 186 cm³/mol. The van der Waals surface area contributed by atoms with E-state index >= 15 is 4.79 Å². The van der Waals surface area contributed by atoms with Gasteiger partial charge in [-0.15, -0.1) is 0 Å². The second kappa shape index (κ2) is 13.5. The fraction of sp³-hybridized carbons (Fsp3) is 0.368. The monoisotopic (exact) mass is 727 g/mol. The Morgan fingerprint density at radius 2 is 1.73 bits per heavy atom. The molecule has 254 valence electrons. The topological polar surface area (TPSA) is 125 Å². The Morgan fingerprint density at radius 1 is 0.980 bits per heavy atom. The van der Waals surface area contributed by atoms with Crippen molar-refractivity contribution >= 4 is 56.1 Å². The number of nitrogens with one attached hydrogen (secondary N) is 1. The molecule has 2 N–H and O–H groups in total. The minimum Gasteiger partial charge on any atom is -0.455 e. The minimum atomic E-state index is -1.49. The van der Waals surface area contributed by atoms with Crippen LogP contribution in [0.2, 0.25) is 0 Å². The van der Waals surface area contributed by atoms with Gasteiger partial charge in [0.1, 0.15) is 29.8 Å². The number of rotatable bonds is 5. The Morgan fingerprint density at radius 3 is 2.49 bits per heavy atom. The number of likely N-dealkylation sites (tertiary alicyclic amines) is 1. The number of anilines is 1. The summed E-state index contributed by atoms with van der Waals surface area (Å²) < 4.78 is 13.3. The molecule has 7 rings (SSSR count). The number of hydrogen-bond donors (Lipinski definition) is 2. The van der Waals surface area contributed by atoms with Crippen LogP contribution in [0, 0.1) is 11.8 Å². The number of benzene rings is 3. The average Bonchev–Trinajstić information content (AvgIpc) is 3.71. The quantitative estimate of drug-likeness (QED) is 0.292. The maximum atomic E-state index is 15.1. The van der Waals surface area contributed by atoms with E-state index in [0.717, 1.165) is 10.8 Å². The molecule has 2 saturated heterocycles. The molecule has 7 atom stereocenters. The molecule has 4 aliphatic heterocycles. The molecule has 0 aliphatic carbocycles. The highest BCUT2D eigenvalue weighted by molar-refractivity contribution is 9.11. The number of hydrogen-bond acceptors (Lipinski definition) is 7. The molecule has 2 fully saturated rings. The van der Waals surface area contributed by atoms with Gasteiger partial charge in [-0.1, -0.05) is 95.7 Å². The van der Waals surface area contributed by atoms with E-state index in [-0.39, 0.29) is 32.0 Å². The Hall–Kier alpha value is -4.32. The van der Waals surface area contributed by atoms with Gasteiger partial charge in [-0.05, 0) is 47.4 Å². The van der Waals surface area contributed by atoms with Gasteiger partial charge in [-0.25, -0.2) is 0 Å². The number of nitrogens with zero attached hydrogens (tertiary/aromatic N) is 2. The van der Waals surface area contributed by atoms with Gasteiger partial charge in [-0.2, -0.15) is 0 Å². The molecule has 0 aromatic heterocycles. The highest BCUT2D eigenvalue weighted by Crippen LogP contribution is 2.59. The number of amides is 3. The first-order chi connectivity index (χ1) is 23.8. The summed E-state index contributed by atoms with van der Waals surface area (Å²) in [6.45, 7) is 1.68. The lowest BCUT2D eigenvalue weighted by Gasteiger charge is -2.38. The molecule has 49 heavy (non-hydrogen) atoms. The van der Waals surface area contributed by atoms with Crippen LogP contribution in [0.3, 0.4) is 0 Å². The third-order valence-electron chi connectivity index (χ3n) is 10.2. The predicted octanol–water partition coefficient (Wildman–Crippen LogP) is 4.57. The lowest BCUT2D eigenvalue weighted by Crippen LogP contribution is -2.58. The van der Waals surface area contributed by atoms with Crippen LogP contribution in [0.4, 0.5) is 5.69 Å². The molecule has 10 nitrogen and oxygen atoms in total. The number of aliphatic hydroxyl groups is 1. The molecule has 11 heteroatoms. The van der Waals surface area contributed by atoms with Crippen LogP contribution in [0.25, 0.3) is 10.8 Å². The number of halogens is 1. The zero-order chi connectivity index (χ0) is 34.3. The lowest BCUT2D eigenvalue weighted by molar-refractivity contribution is -0.160. The van der Waals surface area contributed by atoms with E-state index in [0.29, 0.717) is 28.6 Å². The van der Waals surface area contributed by atoms with Gasteiger partial charge in [0.05, 0.1) is 25.1 Å². The average molecular weight is 729 g/mol. The molecular formula is C38H38BrN3O7. The normalized spacial score (nSPS) is 30.2.